The molecule has 9 atom stereocenters. The molecule has 2 aliphatic rings. The van der Waals surface area contributed by atoms with Crippen LogP contribution in [0, 0.1) is 17.8 Å². The average molecular weight is 1090 g/mol. The number of primary amides is 1. The molecule has 9 amide bonds. The van der Waals surface area contributed by atoms with Gasteiger partial charge in [-0.1, -0.05) is 71.9 Å². The molecule has 25 heteroatoms. The molecule has 0 bridgehead atoms. The number of guanidine groups is 1. The summed E-state index contributed by atoms with van der Waals surface area (Å²) in [6.45, 7) is 10.9. The number of aliphatic carboxylic acids is 1. The lowest BCUT2D eigenvalue weighted by molar-refractivity contribution is -0.145. The van der Waals surface area contributed by atoms with E-state index in [2.05, 4.69) is 36.9 Å². The SMILES string of the molecule is CSCC[C@H](NC(=O)[C@H](CCCN=C(N)N)NC(=O)[C@@H](NC(=O)[C@@H]1CCCN1C(=O)[C@@H](N)Cc1ccccc1)C(C)C)C(=O)N[C@@H](CCC(N)=O)C(=O)N[C@H](C(=O)N1CCC[C@H]1C(=O)N[C@@H](CC(C)C)C(=O)O)C(C)C. The molecule has 2 fully saturated rings. The van der Waals surface area contributed by atoms with Crippen molar-refractivity contribution in [1.29, 1.82) is 0 Å². The van der Waals surface area contributed by atoms with Gasteiger partial charge in [-0.15, -0.1) is 0 Å². The van der Waals surface area contributed by atoms with Crippen molar-refractivity contribution in [3.8, 4) is 0 Å². The van der Waals surface area contributed by atoms with E-state index >= 15 is 0 Å². The van der Waals surface area contributed by atoms with Gasteiger partial charge in [0.1, 0.15) is 48.3 Å². The van der Waals surface area contributed by atoms with Gasteiger partial charge in [0.2, 0.25) is 53.2 Å². The first-order valence-electron chi connectivity index (χ1n) is 26.1. The molecule has 0 unspecified atom stereocenters. The lowest BCUT2D eigenvalue weighted by Gasteiger charge is -2.32. The maximum Gasteiger partial charge on any atom is 0.326 e. The molecule has 24 nitrogen and oxygen atoms in total. The number of nitrogens with one attached hydrogen (secondary N) is 6. The zero-order valence-electron chi connectivity index (χ0n) is 45.0. The number of aliphatic imine (C=N–C) groups is 1. The Morgan fingerprint density at radius 1 is 0.658 bits per heavy atom. The molecule has 0 aromatic heterocycles. The molecular weight excluding hydrogens is 1000 g/mol. The second-order valence-corrected chi connectivity index (χ2v) is 21.6. The summed E-state index contributed by atoms with van der Waals surface area (Å²) >= 11 is 1.36. The van der Waals surface area contributed by atoms with Crippen LogP contribution in [-0.2, 0) is 54.4 Å². The van der Waals surface area contributed by atoms with E-state index in [1.807, 2.05) is 44.2 Å². The summed E-state index contributed by atoms with van der Waals surface area (Å²) in [5, 5.41) is 25.9. The highest BCUT2D eigenvalue weighted by molar-refractivity contribution is 7.98. The van der Waals surface area contributed by atoms with Crippen LogP contribution in [0.5, 0.6) is 0 Å². The minimum absolute atomic E-state index is 0.0277. The minimum atomic E-state index is -1.45. The van der Waals surface area contributed by atoms with Crippen LogP contribution in [0.1, 0.15) is 111 Å². The summed E-state index contributed by atoms with van der Waals surface area (Å²) in [6.07, 6.45) is 3.34. The van der Waals surface area contributed by atoms with Crippen LogP contribution < -0.4 is 54.8 Å². The number of carboxylic acids is 1. The average Bonchev–Trinajstić information content (AvgIpc) is 4.06. The molecule has 0 saturated carbocycles. The van der Waals surface area contributed by atoms with Crippen LogP contribution in [0.4, 0.5) is 0 Å². The molecule has 0 spiro atoms. The van der Waals surface area contributed by atoms with Gasteiger partial charge >= 0.3 is 5.97 Å². The fourth-order valence-electron chi connectivity index (χ4n) is 9.10. The molecule has 1 aromatic rings. The van der Waals surface area contributed by atoms with Gasteiger partial charge < -0.3 is 69.7 Å². The number of carboxylic acid groups (broad SMARTS) is 1. The fourth-order valence-corrected chi connectivity index (χ4v) is 9.58. The van der Waals surface area contributed by atoms with Gasteiger partial charge in [0.15, 0.2) is 5.96 Å². The van der Waals surface area contributed by atoms with Crippen molar-refractivity contribution >= 4 is 76.9 Å². The third-order valence-corrected chi connectivity index (χ3v) is 13.9. The number of rotatable bonds is 31. The van der Waals surface area contributed by atoms with Gasteiger partial charge in [-0.2, -0.15) is 11.8 Å². The van der Waals surface area contributed by atoms with Gasteiger partial charge in [0.25, 0.3) is 0 Å². The van der Waals surface area contributed by atoms with Crippen LogP contribution >= 0.6 is 11.8 Å². The van der Waals surface area contributed by atoms with Gasteiger partial charge in [0.05, 0.1) is 6.04 Å². The van der Waals surface area contributed by atoms with Crippen LogP contribution in [-0.4, -0.2) is 166 Å². The van der Waals surface area contributed by atoms with E-state index in [0.29, 0.717) is 31.6 Å². The molecule has 15 N–H and O–H groups in total. The van der Waals surface area contributed by atoms with E-state index in [9.17, 15) is 53.1 Å². The lowest BCUT2D eigenvalue weighted by atomic mass is 10.00. The molecule has 0 aliphatic carbocycles. The highest BCUT2D eigenvalue weighted by Crippen LogP contribution is 2.23. The number of nitrogens with zero attached hydrogens (tertiary/aromatic N) is 3. The largest absolute Gasteiger partial charge is 0.480 e. The molecule has 2 heterocycles. The molecule has 0 radical (unpaired) electrons. The molecule has 2 aliphatic heterocycles. The topological polar surface area (TPSA) is 386 Å². The predicted molar refractivity (Wildman–Crippen MR) is 287 cm³/mol. The zero-order chi connectivity index (χ0) is 56.8. The summed E-state index contributed by atoms with van der Waals surface area (Å²) in [7, 11) is 0. The Labute approximate surface area is 449 Å². The summed E-state index contributed by atoms with van der Waals surface area (Å²) in [5.74, 6) is -8.35. The number of hydrogen-bond donors (Lipinski definition) is 11. The molecule has 76 heavy (non-hydrogen) atoms. The van der Waals surface area contributed by atoms with Crippen molar-refractivity contribution < 1.29 is 53.1 Å². The summed E-state index contributed by atoms with van der Waals surface area (Å²) in [5.41, 5.74) is 23.7. The number of carbonyl (C=O) groups is 10. The number of amides is 9. The Morgan fingerprint density at radius 2 is 1.17 bits per heavy atom. The second kappa shape index (κ2) is 31.5. The minimum Gasteiger partial charge on any atom is -0.480 e. The van der Waals surface area contributed by atoms with Crippen molar-refractivity contribution in [3.05, 3.63) is 35.9 Å². The first kappa shape index (κ1) is 63.8. The van der Waals surface area contributed by atoms with Crippen molar-refractivity contribution in [2.24, 2.45) is 45.7 Å². The van der Waals surface area contributed by atoms with Gasteiger partial charge in [-0.3, -0.25) is 48.1 Å². The van der Waals surface area contributed by atoms with Crippen molar-refractivity contribution in [3.63, 3.8) is 0 Å². The highest BCUT2D eigenvalue weighted by atomic mass is 32.2. The third kappa shape index (κ3) is 20.2. The molecule has 424 valence electrons. The Bertz CT molecular complexity index is 2200. The van der Waals surface area contributed by atoms with Gasteiger partial charge in [-0.05, 0) is 99.5 Å². The summed E-state index contributed by atoms with van der Waals surface area (Å²) < 4.78 is 0. The lowest BCUT2D eigenvalue weighted by Crippen LogP contribution is -2.61. The summed E-state index contributed by atoms with van der Waals surface area (Å²) in [6, 6.07) is -1.20. The quantitative estimate of drug-likeness (QED) is 0.0240. The van der Waals surface area contributed by atoms with Crippen LogP contribution in [0.15, 0.2) is 35.3 Å². The Balaban J connectivity index is 1.83. The number of benzene rings is 1. The number of thioether (sulfide) groups is 1. The van der Waals surface area contributed by atoms with E-state index in [1.54, 1.807) is 34.0 Å². The van der Waals surface area contributed by atoms with Gasteiger partial charge in [0, 0.05) is 26.1 Å². The monoisotopic (exact) mass is 1090 g/mol. The van der Waals surface area contributed by atoms with E-state index in [-0.39, 0.29) is 76.3 Å². The van der Waals surface area contributed by atoms with Crippen molar-refractivity contribution in [2.75, 3.05) is 31.6 Å². The molecule has 2 saturated heterocycles. The normalized spacial score (nSPS) is 18.1. The van der Waals surface area contributed by atoms with Crippen LogP contribution in [0.3, 0.4) is 0 Å². The van der Waals surface area contributed by atoms with E-state index < -0.39 is 125 Å². The third-order valence-electron chi connectivity index (χ3n) is 13.2. The number of carbonyl (C=O) groups excluding carboxylic acids is 9. The first-order chi connectivity index (χ1) is 35.9. The highest BCUT2D eigenvalue weighted by Gasteiger charge is 2.42. The summed E-state index contributed by atoms with van der Waals surface area (Å²) in [4.78, 5) is 143. The Hall–Kier alpha value is -6.50. The van der Waals surface area contributed by atoms with Crippen molar-refractivity contribution in [1.82, 2.24) is 41.7 Å². The predicted octanol–water partition coefficient (Wildman–Crippen LogP) is -1.04. The standard InChI is InChI=1S/C51H83N13O11S/c1-28(2)26-36(50(74)75)60-45(69)37-17-13-24-64(37)49(73)41(30(5)6)62-44(68)34(19-20-39(53)65)57-43(67)35(21-25-76-7)58-42(66)33(16-11-22-56-51(54)55)59-47(71)40(29(3)4)61-46(70)38-18-12-23-63(38)48(72)32(52)27-31-14-9-8-10-15-31/h8-10,14-15,28-30,32-38,40-41H,11-13,16-27,52H2,1-7H3,(H2,53,65)(H,57,67)(H,58,66)(H,59,71)(H,60,69)(H,61,70)(H,62,68)(H,74,75)(H4,54,55,56)/t32-,33-,34-,35-,36-,37-,38-,40-,41-/m0/s1. The van der Waals surface area contributed by atoms with E-state index in [1.165, 1.54) is 21.6 Å². The second-order valence-electron chi connectivity index (χ2n) is 20.6. The van der Waals surface area contributed by atoms with Crippen molar-refractivity contribution in [2.45, 2.75) is 167 Å². The fraction of sp³-hybridized carbons (Fsp3) is 0.667. The first-order valence-corrected chi connectivity index (χ1v) is 27.5. The van der Waals surface area contributed by atoms with Crippen LogP contribution in [0.25, 0.3) is 0 Å². The smallest absolute Gasteiger partial charge is 0.326 e. The zero-order valence-corrected chi connectivity index (χ0v) is 45.8. The van der Waals surface area contributed by atoms with Crippen LogP contribution in [0.2, 0.25) is 0 Å². The number of nitrogens with two attached hydrogens (primary N) is 4. The maximum atomic E-state index is 14.3. The molecule has 1 aromatic carbocycles. The van der Waals surface area contributed by atoms with E-state index in [4.69, 9.17) is 22.9 Å². The number of hydrogen-bond acceptors (Lipinski definition) is 13. The molecule has 3 rings (SSSR count). The van der Waals surface area contributed by atoms with E-state index in [0.717, 1.165) is 5.56 Å². The Morgan fingerprint density at radius 3 is 1.68 bits per heavy atom. The Kier molecular flexibility index (Phi) is 26.5. The van der Waals surface area contributed by atoms with Gasteiger partial charge in [-0.25, -0.2) is 4.79 Å². The molecular formula is C51H83N13O11S. The maximum absolute atomic E-state index is 14.3. The number of likely N-dealkylation sites (tertiary alicyclic amines) is 2.